The first-order valence-corrected chi connectivity index (χ1v) is 5.97. The molecule has 1 aromatic carbocycles. The molecule has 0 saturated carbocycles. The smallest absolute Gasteiger partial charge is 0.262 e. The Morgan fingerprint density at radius 3 is 2.58 bits per heavy atom. The van der Waals surface area contributed by atoms with Gasteiger partial charge >= 0.3 is 0 Å². The predicted molar refractivity (Wildman–Crippen MR) is 70.7 cm³/mol. The highest BCUT2D eigenvalue weighted by Crippen LogP contribution is 2.08. The number of nitriles is 1. The van der Waals surface area contributed by atoms with Crippen LogP contribution in [0.1, 0.15) is 5.56 Å². The summed E-state index contributed by atoms with van der Waals surface area (Å²) in [7, 11) is 3.96. The van der Waals surface area contributed by atoms with E-state index < -0.39 is 5.91 Å². The van der Waals surface area contributed by atoms with Crippen LogP contribution in [0.15, 0.2) is 29.8 Å². The largest absolute Gasteiger partial charge is 0.346 e. The van der Waals surface area contributed by atoms with Gasteiger partial charge in [0.1, 0.15) is 17.5 Å². The Labute approximate surface area is 112 Å². The molecule has 19 heavy (non-hydrogen) atoms. The second-order valence-electron chi connectivity index (χ2n) is 4.43. The van der Waals surface area contributed by atoms with Crippen LogP contribution in [-0.4, -0.2) is 33.1 Å². The summed E-state index contributed by atoms with van der Waals surface area (Å²) in [4.78, 5) is 13.0. The van der Waals surface area contributed by atoms with Crippen LogP contribution >= 0.6 is 0 Å². The van der Waals surface area contributed by atoms with E-state index in [1.165, 1.54) is 35.2 Å². The van der Waals surface area contributed by atoms with Gasteiger partial charge in [-0.15, -0.1) is 0 Å². The SMILES string of the molecule is C[NH+](C)CCNC(=O)/C(C#N)=C\c1ccc(F)cc1. The summed E-state index contributed by atoms with van der Waals surface area (Å²) in [6.45, 7) is 1.28. The Morgan fingerprint density at radius 1 is 1.42 bits per heavy atom. The molecule has 5 heteroatoms. The number of hydrogen-bond donors (Lipinski definition) is 2. The molecule has 0 heterocycles. The number of halogens is 1. The minimum Gasteiger partial charge on any atom is -0.346 e. The maximum Gasteiger partial charge on any atom is 0.262 e. The first-order valence-electron chi connectivity index (χ1n) is 5.97. The van der Waals surface area contributed by atoms with Crippen molar-refractivity contribution in [2.24, 2.45) is 0 Å². The molecule has 0 fully saturated rings. The summed E-state index contributed by atoms with van der Waals surface area (Å²) < 4.78 is 12.7. The lowest BCUT2D eigenvalue weighted by atomic mass is 10.1. The first-order chi connectivity index (χ1) is 9.02. The van der Waals surface area contributed by atoms with Crippen LogP contribution in [-0.2, 0) is 4.79 Å². The number of likely N-dealkylation sites (N-methyl/N-ethyl adjacent to an activating group) is 1. The topological polar surface area (TPSA) is 57.3 Å². The first kappa shape index (κ1) is 14.9. The Kier molecular flexibility index (Phi) is 5.71. The summed E-state index contributed by atoms with van der Waals surface area (Å²) in [5.74, 6) is -0.762. The van der Waals surface area contributed by atoms with Gasteiger partial charge in [-0.25, -0.2) is 4.39 Å². The lowest BCUT2D eigenvalue weighted by Gasteiger charge is -2.07. The number of quaternary nitrogens is 1. The Morgan fingerprint density at radius 2 is 2.05 bits per heavy atom. The molecule has 0 spiro atoms. The number of rotatable bonds is 5. The molecule has 0 atom stereocenters. The standard InChI is InChI=1S/C14H16FN3O/c1-18(2)8-7-17-14(19)12(10-16)9-11-3-5-13(15)6-4-11/h3-6,9H,7-8H2,1-2H3,(H,17,19)/p+1/b12-9-. The van der Waals surface area contributed by atoms with Crippen LogP contribution in [0.3, 0.4) is 0 Å². The number of carbonyl (C=O) groups is 1. The third kappa shape index (κ3) is 5.32. The zero-order valence-electron chi connectivity index (χ0n) is 11.0. The van der Waals surface area contributed by atoms with E-state index in [2.05, 4.69) is 5.32 Å². The minimum atomic E-state index is -0.409. The number of hydrogen-bond acceptors (Lipinski definition) is 2. The molecular formula is C14H17FN3O+. The summed E-state index contributed by atoms with van der Waals surface area (Å²) in [5.41, 5.74) is 0.631. The Balaban J connectivity index is 2.69. The maximum atomic E-state index is 12.7. The van der Waals surface area contributed by atoms with Crippen molar-refractivity contribution in [3.8, 4) is 6.07 Å². The van der Waals surface area contributed by atoms with Gasteiger partial charge in [-0.2, -0.15) is 5.26 Å². The summed E-state index contributed by atoms with van der Waals surface area (Å²) >= 11 is 0. The van der Waals surface area contributed by atoms with Crippen molar-refractivity contribution in [3.63, 3.8) is 0 Å². The molecule has 1 aromatic rings. The van der Waals surface area contributed by atoms with E-state index in [1.54, 1.807) is 0 Å². The van der Waals surface area contributed by atoms with Gasteiger partial charge in [0.2, 0.25) is 0 Å². The van der Waals surface area contributed by atoms with Crippen molar-refractivity contribution in [1.82, 2.24) is 5.32 Å². The van der Waals surface area contributed by atoms with Crippen molar-refractivity contribution in [2.45, 2.75) is 0 Å². The monoisotopic (exact) mass is 262 g/mol. The molecule has 4 nitrogen and oxygen atoms in total. The summed E-state index contributed by atoms with van der Waals surface area (Å²) in [6, 6.07) is 7.46. The van der Waals surface area contributed by atoms with E-state index >= 15 is 0 Å². The minimum absolute atomic E-state index is 0.0142. The van der Waals surface area contributed by atoms with E-state index in [0.29, 0.717) is 12.1 Å². The predicted octanol–water partition coefficient (Wildman–Crippen LogP) is -0.00662. The number of carbonyl (C=O) groups excluding carboxylic acids is 1. The highest BCUT2D eigenvalue weighted by atomic mass is 19.1. The number of amides is 1. The average molecular weight is 262 g/mol. The average Bonchev–Trinajstić information content (AvgIpc) is 2.37. The van der Waals surface area contributed by atoms with Gasteiger partial charge in [-0.1, -0.05) is 12.1 Å². The molecule has 0 bridgehead atoms. The quantitative estimate of drug-likeness (QED) is 0.579. The van der Waals surface area contributed by atoms with Crippen molar-refractivity contribution in [1.29, 1.82) is 5.26 Å². The lowest BCUT2D eigenvalue weighted by Crippen LogP contribution is -3.06. The molecule has 0 aliphatic heterocycles. The molecule has 100 valence electrons. The molecule has 0 aromatic heterocycles. The van der Waals surface area contributed by atoms with Crippen molar-refractivity contribution in [3.05, 3.63) is 41.2 Å². The van der Waals surface area contributed by atoms with Gasteiger partial charge in [0, 0.05) is 0 Å². The highest BCUT2D eigenvalue weighted by Gasteiger charge is 2.08. The van der Waals surface area contributed by atoms with E-state index in [4.69, 9.17) is 5.26 Å². The second-order valence-corrected chi connectivity index (χ2v) is 4.43. The Hall–Kier alpha value is -2.19. The highest BCUT2D eigenvalue weighted by molar-refractivity contribution is 6.01. The van der Waals surface area contributed by atoms with Crippen LogP contribution in [0.5, 0.6) is 0 Å². The number of nitrogens with one attached hydrogen (secondary N) is 2. The molecule has 0 unspecified atom stereocenters. The number of benzene rings is 1. The van der Waals surface area contributed by atoms with Gasteiger partial charge in [-0.3, -0.25) is 4.79 Å². The van der Waals surface area contributed by atoms with E-state index in [9.17, 15) is 9.18 Å². The fourth-order valence-electron chi connectivity index (χ4n) is 1.40. The maximum absolute atomic E-state index is 12.7. The summed E-state index contributed by atoms with van der Waals surface area (Å²) in [5, 5.41) is 11.6. The zero-order chi connectivity index (χ0) is 14.3. The Bertz CT molecular complexity index is 500. The van der Waals surface area contributed by atoms with Gasteiger partial charge in [0.25, 0.3) is 5.91 Å². The lowest BCUT2D eigenvalue weighted by molar-refractivity contribution is -0.856. The third-order valence-corrected chi connectivity index (χ3v) is 2.46. The zero-order valence-corrected chi connectivity index (χ0v) is 11.0. The van der Waals surface area contributed by atoms with Crippen molar-refractivity contribution in [2.75, 3.05) is 27.2 Å². The van der Waals surface area contributed by atoms with Crippen LogP contribution in [0.4, 0.5) is 4.39 Å². The number of nitrogens with zero attached hydrogens (tertiary/aromatic N) is 1. The van der Waals surface area contributed by atoms with Gasteiger partial charge in [0.15, 0.2) is 0 Å². The molecular weight excluding hydrogens is 245 g/mol. The van der Waals surface area contributed by atoms with Crippen LogP contribution in [0.2, 0.25) is 0 Å². The van der Waals surface area contributed by atoms with Crippen LogP contribution < -0.4 is 10.2 Å². The van der Waals surface area contributed by atoms with Crippen LogP contribution in [0, 0.1) is 17.1 Å². The van der Waals surface area contributed by atoms with E-state index in [0.717, 1.165) is 6.54 Å². The second kappa shape index (κ2) is 7.29. The van der Waals surface area contributed by atoms with Crippen LogP contribution in [0.25, 0.3) is 6.08 Å². The van der Waals surface area contributed by atoms with Gasteiger partial charge < -0.3 is 10.2 Å². The fourth-order valence-corrected chi connectivity index (χ4v) is 1.40. The van der Waals surface area contributed by atoms with Gasteiger partial charge in [0.05, 0.1) is 27.2 Å². The normalized spacial score (nSPS) is 11.2. The van der Waals surface area contributed by atoms with Crippen molar-refractivity contribution >= 4 is 12.0 Å². The molecule has 0 saturated heterocycles. The van der Waals surface area contributed by atoms with Crippen molar-refractivity contribution < 1.29 is 14.1 Å². The molecule has 0 radical (unpaired) electrons. The summed E-state index contributed by atoms with van der Waals surface area (Å²) in [6.07, 6.45) is 1.44. The molecule has 1 amide bonds. The molecule has 1 rings (SSSR count). The third-order valence-electron chi connectivity index (χ3n) is 2.46. The fraction of sp³-hybridized carbons (Fsp3) is 0.286. The molecule has 0 aliphatic rings. The van der Waals surface area contributed by atoms with Gasteiger partial charge in [-0.05, 0) is 23.8 Å². The van der Waals surface area contributed by atoms with E-state index in [-0.39, 0.29) is 11.4 Å². The molecule has 0 aliphatic carbocycles. The van der Waals surface area contributed by atoms with E-state index in [1.807, 2.05) is 20.2 Å². The molecule has 2 N–H and O–H groups in total.